The molecule has 0 radical (unpaired) electrons. The Morgan fingerprint density at radius 1 is 1.29 bits per heavy atom. The maximum atomic E-state index is 12.0. The minimum Gasteiger partial charge on any atom is -0.207 e. The highest BCUT2D eigenvalue weighted by Crippen LogP contribution is 2.23. The lowest BCUT2D eigenvalue weighted by Crippen LogP contribution is -2.22. The van der Waals surface area contributed by atoms with Crippen LogP contribution in [0.3, 0.4) is 0 Å². The second kappa shape index (κ2) is 5.65. The molecule has 3 nitrogen and oxygen atoms in total. The highest BCUT2D eigenvalue weighted by Gasteiger charge is 2.18. The van der Waals surface area contributed by atoms with Gasteiger partial charge in [-0.05, 0) is 30.0 Å². The van der Waals surface area contributed by atoms with Crippen LogP contribution in [-0.4, -0.2) is 26.8 Å². The molecule has 0 spiro atoms. The molecule has 0 heterocycles. The van der Waals surface area contributed by atoms with E-state index in [-0.39, 0.29) is 0 Å². The highest BCUT2D eigenvalue weighted by atomic mass is 32.2. The second-order valence-corrected chi connectivity index (χ2v) is 6.70. The average molecular weight is 255 g/mol. The van der Waals surface area contributed by atoms with Gasteiger partial charge in [0, 0.05) is 14.1 Å². The SMILES string of the molecule is CCCC(C)c1cccc(S(=O)(=O)N(C)C)c1. The van der Waals surface area contributed by atoms with E-state index in [0.29, 0.717) is 10.8 Å². The first kappa shape index (κ1) is 14.2. The Balaban J connectivity index is 3.10. The van der Waals surface area contributed by atoms with Crippen molar-refractivity contribution in [3.63, 3.8) is 0 Å². The Morgan fingerprint density at radius 2 is 1.94 bits per heavy atom. The largest absolute Gasteiger partial charge is 0.242 e. The van der Waals surface area contributed by atoms with Crippen molar-refractivity contribution in [3.8, 4) is 0 Å². The van der Waals surface area contributed by atoms with Crippen LogP contribution in [0, 0.1) is 0 Å². The Kier molecular flexibility index (Phi) is 4.71. The molecule has 0 aliphatic rings. The molecule has 0 amide bonds. The lowest BCUT2D eigenvalue weighted by Gasteiger charge is -2.15. The topological polar surface area (TPSA) is 37.4 Å². The molecular formula is C13H21NO2S. The van der Waals surface area contributed by atoms with E-state index in [2.05, 4.69) is 13.8 Å². The van der Waals surface area contributed by atoms with Crippen molar-refractivity contribution >= 4 is 10.0 Å². The van der Waals surface area contributed by atoms with E-state index in [0.717, 1.165) is 18.4 Å². The summed E-state index contributed by atoms with van der Waals surface area (Å²) < 4.78 is 25.2. The molecule has 96 valence electrons. The van der Waals surface area contributed by atoms with E-state index in [1.165, 1.54) is 4.31 Å². The fraction of sp³-hybridized carbons (Fsp3) is 0.538. The molecule has 1 rings (SSSR count). The number of hydrogen-bond donors (Lipinski definition) is 0. The third-order valence-corrected chi connectivity index (χ3v) is 4.74. The molecule has 1 unspecified atom stereocenters. The molecule has 0 fully saturated rings. The van der Waals surface area contributed by atoms with Crippen LogP contribution in [0.25, 0.3) is 0 Å². The molecule has 4 heteroatoms. The zero-order valence-electron chi connectivity index (χ0n) is 11.0. The molecule has 1 aromatic carbocycles. The molecular weight excluding hydrogens is 234 g/mol. The van der Waals surface area contributed by atoms with Gasteiger partial charge < -0.3 is 0 Å². The van der Waals surface area contributed by atoms with Gasteiger partial charge in [0.2, 0.25) is 10.0 Å². The Hall–Kier alpha value is -0.870. The van der Waals surface area contributed by atoms with E-state index < -0.39 is 10.0 Å². The van der Waals surface area contributed by atoms with Crippen molar-refractivity contribution in [2.75, 3.05) is 14.1 Å². The van der Waals surface area contributed by atoms with E-state index in [1.54, 1.807) is 26.2 Å². The molecule has 0 aliphatic heterocycles. The quantitative estimate of drug-likeness (QED) is 0.811. The molecule has 0 saturated carbocycles. The van der Waals surface area contributed by atoms with Gasteiger partial charge in [0.15, 0.2) is 0 Å². The molecule has 17 heavy (non-hydrogen) atoms. The van der Waals surface area contributed by atoms with Crippen LogP contribution >= 0.6 is 0 Å². The van der Waals surface area contributed by atoms with Gasteiger partial charge in [0.05, 0.1) is 4.90 Å². The molecule has 1 atom stereocenters. The van der Waals surface area contributed by atoms with E-state index in [4.69, 9.17) is 0 Å². The van der Waals surface area contributed by atoms with Crippen LogP contribution in [-0.2, 0) is 10.0 Å². The van der Waals surface area contributed by atoms with Crippen molar-refractivity contribution in [1.82, 2.24) is 4.31 Å². The van der Waals surface area contributed by atoms with Crippen LogP contribution in [0.5, 0.6) is 0 Å². The van der Waals surface area contributed by atoms with E-state index in [1.807, 2.05) is 12.1 Å². The molecule has 0 N–H and O–H groups in total. The van der Waals surface area contributed by atoms with Crippen molar-refractivity contribution in [2.24, 2.45) is 0 Å². The molecule has 1 aromatic rings. The van der Waals surface area contributed by atoms with Gasteiger partial charge >= 0.3 is 0 Å². The summed E-state index contributed by atoms with van der Waals surface area (Å²) in [5.74, 6) is 0.400. The molecule has 0 saturated heterocycles. The Labute approximate surface area is 105 Å². The number of hydrogen-bond acceptors (Lipinski definition) is 2. The van der Waals surface area contributed by atoms with Crippen LogP contribution in [0.4, 0.5) is 0 Å². The van der Waals surface area contributed by atoms with Crippen molar-refractivity contribution in [1.29, 1.82) is 0 Å². The lowest BCUT2D eigenvalue weighted by molar-refractivity contribution is 0.520. The maximum Gasteiger partial charge on any atom is 0.242 e. The Bertz CT molecular complexity index is 466. The molecule has 0 aliphatic carbocycles. The van der Waals surface area contributed by atoms with Crippen LogP contribution in [0.15, 0.2) is 29.2 Å². The summed E-state index contributed by atoms with van der Waals surface area (Å²) in [6.07, 6.45) is 2.18. The minimum absolute atomic E-state index is 0.378. The third-order valence-electron chi connectivity index (χ3n) is 2.93. The first-order chi connectivity index (χ1) is 7.89. The summed E-state index contributed by atoms with van der Waals surface area (Å²) in [6, 6.07) is 7.25. The lowest BCUT2D eigenvalue weighted by atomic mass is 9.97. The van der Waals surface area contributed by atoms with Crippen molar-refractivity contribution < 1.29 is 8.42 Å². The van der Waals surface area contributed by atoms with E-state index in [9.17, 15) is 8.42 Å². The zero-order chi connectivity index (χ0) is 13.1. The van der Waals surface area contributed by atoms with Crippen LogP contribution in [0.1, 0.15) is 38.2 Å². The third kappa shape index (κ3) is 3.30. The number of benzene rings is 1. The zero-order valence-corrected chi connectivity index (χ0v) is 11.8. The highest BCUT2D eigenvalue weighted by molar-refractivity contribution is 7.89. The van der Waals surface area contributed by atoms with Gasteiger partial charge in [-0.25, -0.2) is 12.7 Å². The van der Waals surface area contributed by atoms with Gasteiger partial charge in [-0.1, -0.05) is 32.4 Å². The smallest absolute Gasteiger partial charge is 0.207 e. The van der Waals surface area contributed by atoms with E-state index >= 15 is 0 Å². The average Bonchev–Trinajstić information content (AvgIpc) is 2.29. The monoisotopic (exact) mass is 255 g/mol. The summed E-state index contributed by atoms with van der Waals surface area (Å²) in [6.45, 7) is 4.27. The van der Waals surface area contributed by atoms with Gasteiger partial charge in [0.1, 0.15) is 0 Å². The fourth-order valence-corrected chi connectivity index (χ4v) is 2.75. The molecule has 0 bridgehead atoms. The number of sulfonamides is 1. The summed E-state index contributed by atoms with van der Waals surface area (Å²) >= 11 is 0. The fourth-order valence-electron chi connectivity index (χ4n) is 1.79. The Morgan fingerprint density at radius 3 is 2.47 bits per heavy atom. The minimum atomic E-state index is -3.31. The van der Waals surface area contributed by atoms with Crippen LogP contribution < -0.4 is 0 Å². The van der Waals surface area contributed by atoms with Crippen molar-refractivity contribution in [2.45, 2.75) is 37.5 Å². The standard InChI is InChI=1S/C13H21NO2S/c1-5-7-11(2)12-8-6-9-13(10-12)17(15,16)14(3)4/h6,8-11H,5,7H2,1-4H3. The molecule has 0 aromatic heterocycles. The summed E-state index contributed by atoms with van der Waals surface area (Å²) in [4.78, 5) is 0.378. The summed E-state index contributed by atoms with van der Waals surface area (Å²) in [5, 5.41) is 0. The maximum absolute atomic E-state index is 12.0. The van der Waals surface area contributed by atoms with Gasteiger partial charge in [-0.2, -0.15) is 0 Å². The van der Waals surface area contributed by atoms with Gasteiger partial charge in [0.25, 0.3) is 0 Å². The predicted molar refractivity (Wildman–Crippen MR) is 70.6 cm³/mol. The first-order valence-electron chi connectivity index (χ1n) is 5.92. The number of nitrogens with zero attached hydrogens (tertiary/aromatic N) is 1. The number of rotatable bonds is 5. The van der Waals surface area contributed by atoms with Gasteiger partial charge in [-0.3, -0.25) is 0 Å². The van der Waals surface area contributed by atoms with Crippen LogP contribution in [0.2, 0.25) is 0 Å². The first-order valence-corrected chi connectivity index (χ1v) is 7.36. The second-order valence-electron chi connectivity index (χ2n) is 4.55. The normalized spacial score (nSPS) is 13.9. The predicted octanol–water partition coefficient (Wildman–Crippen LogP) is 2.84. The summed E-state index contributed by atoms with van der Waals surface area (Å²) in [7, 11) is -0.208. The van der Waals surface area contributed by atoms with Crippen molar-refractivity contribution in [3.05, 3.63) is 29.8 Å². The van der Waals surface area contributed by atoms with Gasteiger partial charge in [-0.15, -0.1) is 0 Å². The summed E-state index contributed by atoms with van der Waals surface area (Å²) in [5.41, 5.74) is 1.09.